The third kappa shape index (κ3) is 4.32. The van der Waals surface area contributed by atoms with Crippen molar-refractivity contribution in [3.63, 3.8) is 0 Å². The molecule has 2 aromatic carbocycles. The summed E-state index contributed by atoms with van der Waals surface area (Å²) in [5.74, 6) is 1.81. The van der Waals surface area contributed by atoms with Gasteiger partial charge in [0.1, 0.15) is 11.6 Å². The number of methoxy groups -OCH3 is 1. The van der Waals surface area contributed by atoms with Gasteiger partial charge in [-0.2, -0.15) is 4.98 Å². The van der Waals surface area contributed by atoms with E-state index in [-0.39, 0.29) is 0 Å². The van der Waals surface area contributed by atoms with Gasteiger partial charge in [0.15, 0.2) is 0 Å². The molecule has 0 spiro atoms. The Kier molecular flexibility index (Phi) is 5.26. The second kappa shape index (κ2) is 7.59. The number of nitrogens with zero attached hydrogens (tertiary/aromatic N) is 2. The first kappa shape index (κ1) is 17.3. The predicted octanol–water partition coefficient (Wildman–Crippen LogP) is 5.59. The number of rotatable bonds is 5. The van der Waals surface area contributed by atoms with Crippen LogP contribution in [-0.4, -0.2) is 17.1 Å². The number of aryl methyl sites for hydroxylation is 1. The van der Waals surface area contributed by atoms with E-state index < -0.39 is 0 Å². The van der Waals surface area contributed by atoms with E-state index in [1.54, 1.807) is 25.3 Å². The first-order valence-corrected chi connectivity index (χ1v) is 8.28. The highest BCUT2D eigenvalue weighted by Crippen LogP contribution is 2.29. The summed E-state index contributed by atoms with van der Waals surface area (Å²) in [6.45, 7) is 1.89. The fourth-order valence-electron chi connectivity index (χ4n) is 2.29. The fraction of sp³-hybridized carbons (Fsp3) is 0.111. The minimum atomic E-state index is 0.432. The van der Waals surface area contributed by atoms with Gasteiger partial charge in [-0.1, -0.05) is 35.3 Å². The van der Waals surface area contributed by atoms with Crippen LogP contribution < -0.4 is 15.4 Å². The average molecular weight is 375 g/mol. The SMILES string of the molecule is COc1ccccc1Nc1cc(C)nc(Nc2ccc(Cl)cc2Cl)n1. The molecule has 0 saturated heterocycles. The molecule has 1 aromatic heterocycles. The zero-order valence-electron chi connectivity index (χ0n) is 13.7. The van der Waals surface area contributed by atoms with E-state index in [0.717, 1.165) is 17.1 Å². The molecule has 128 valence electrons. The Balaban J connectivity index is 1.87. The van der Waals surface area contributed by atoms with E-state index in [0.29, 0.717) is 27.5 Å². The first-order valence-electron chi connectivity index (χ1n) is 7.53. The van der Waals surface area contributed by atoms with Gasteiger partial charge in [-0.3, -0.25) is 0 Å². The number of nitrogens with one attached hydrogen (secondary N) is 2. The van der Waals surface area contributed by atoms with Crippen molar-refractivity contribution < 1.29 is 4.74 Å². The molecule has 7 heteroatoms. The van der Waals surface area contributed by atoms with Crippen molar-refractivity contribution in [2.24, 2.45) is 0 Å². The van der Waals surface area contributed by atoms with Crippen LogP contribution in [0.5, 0.6) is 5.75 Å². The summed E-state index contributed by atoms with van der Waals surface area (Å²) in [5, 5.41) is 7.42. The monoisotopic (exact) mass is 374 g/mol. The molecule has 0 saturated carbocycles. The van der Waals surface area contributed by atoms with Crippen molar-refractivity contribution in [3.8, 4) is 5.75 Å². The Morgan fingerprint density at radius 3 is 2.48 bits per heavy atom. The predicted molar refractivity (Wildman–Crippen MR) is 103 cm³/mol. The lowest BCUT2D eigenvalue weighted by Gasteiger charge is -2.13. The molecule has 25 heavy (non-hydrogen) atoms. The van der Waals surface area contributed by atoms with E-state index in [2.05, 4.69) is 20.6 Å². The number of para-hydroxylation sites is 2. The normalized spacial score (nSPS) is 10.4. The summed E-state index contributed by atoms with van der Waals surface area (Å²) < 4.78 is 5.35. The number of aromatic nitrogens is 2. The highest BCUT2D eigenvalue weighted by molar-refractivity contribution is 6.36. The van der Waals surface area contributed by atoms with Gasteiger partial charge in [0.05, 0.1) is 23.5 Å². The van der Waals surface area contributed by atoms with Crippen LogP contribution in [0.4, 0.5) is 23.1 Å². The van der Waals surface area contributed by atoms with Crippen molar-refractivity contribution in [1.82, 2.24) is 9.97 Å². The quantitative estimate of drug-likeness (QED) is 0.609. The molecule has 0 radical (unpaired) electrons. The molecule has 0 bridgehead atoms. The molecular formula is C18H16Cl2N4O. The highest BCUT2D eigenvalue weighted by Gasteiger charge is 2.08. The van der Waals surface area contributed by atoms with Crippen molar-refractivity contribution in [2.75, 3.05) is 17.7 Å². The number of hydrogen-bond acceptors (Lipinski definition) is 5. The van der Waals surface area contributed by atoms with Crippen molar-refractivity contribution in [1.29, 1.82) is 0 Å². The molecule has 2 N–H and O–H groups in total. The summed E-state index contributed by atoms with van der Waals surface area (Å²) in [5.41, 5.74) is 2.30. The van der Waals surface area contributed by atoms with Gasteiger partial charge >= 0.3 is 0 Å². The van der Waals surface area contributed by atoms with Crippen LogP contribution >= 0.6 is 23.2 Å². The fourth-order valence-corrected chi connectivity index (χ4v) is 2.74. The Hall–Kier alpha value is -2.50. The summed E-state index contributed by atoms with van der Waals surface area (Å²) in [4.78, 5) is 8.87. The number of ether oxygens (including phenoxy) is 1. The molecule has 5 nitrogen and oxygen atoms in total. The molecule has 0 aliphatic heterocycles. The van der Waals surface area contributed by atoms with Crippen LogP contribution in [0.3, 0.4) is 0 Å². The van der Waals surface area contributed by atoms with Crippen LogP contribution in [0.25, 0.3) is 0 Å². The summed E-state index contributed by atoms with van der Waals surface area (Å²) >= 11 is 12.1. The van der Waals surface area contributed by atoms with Gasteiger partial charge < -0.3 is 15.4 Å². The van der Waals surface area contributed by atoms with Gasteiger partial charge in [0.2, 0.25) is 5.95 Å². The standard InChI is InChI=1S/C18H16Cl2N4O/c1-11-9-17(22-15-5-3-4-6-16(15)25-2)24-18(21-11)23-14-8-7-12(19)10-13(14)20/h3-10H,1-2H3,(H2,21,22,23,24). The van der Waals surface area contributed by atoms with Crippen molar-refractivity contribution in [2.45, 2.75) is 6.92 Å². The van der Waals surface area contributed by atoms with Crippen LogP contribution in [-0.2, 0) is 0 Å². The third-order valence-electron chi connectivity index (χ3n) is 3.40. The van der Waals surface area contributed by atoms with E-state index >= 15 is 0 Å². The molecule has 0 fully saturated rings. The Bertz CT molecular complexity index is 902. The van der Waals surface area contributed by atoms with Gasteiger partial charge in [-0.25, -0.2) is 4.98 Å². The second-order valence-electron chi connectivity index (χ2n) is 5.29. The second-order valence-corrected chi connectivity index (χ2v) is 6.14. The zero-order valence-corrected chi connectivity index (χ0v) is 15.2. The van der Waals surface area contributed by atoms with Crippen LogP contribution in [0.15, 0.2) is 48.5 Å². The summed E-state index contributed by atoms with van der Waals surface area (Å²) in [7, 11) is 1.63. The van der Waals surface area contributed by atoms with Crippen LogP contribution in [0, 0.1) is 6.92 Å². The molecule has 3 aromatic rings. The number of halogens is 2. The molecule has 0 aliphatic carbocycles. The van der Waals surface area contributed by atoms with Gasteiger partial charge in [0.25, 0.3) is 0 Å². The van der Waals surface area contributed by atoms with Crippen LogP contribution in [0.2, 0.25) is 10.0 Å². The van der Waals surface area contributed by atoms with Gasteiger partial charge in [-0.05, 0) is 37.3 Å². The third-order valence-corrected chi connectivity index (χ3v) is 3.95. The zero-order chi connectivity index (χ0) is 17.8. The number of hydrogen-bond donors (Lipinski definition) is 2. The first-order chi connectivity index (χ1) is 12.0. The van der Waals surface area contributed by atoms with Gasteiger partial charge in [-0.15, -0.1) is 0 Å². The van der Waals surface area contributed by atoms with E-state index in [1.165, 1.54) is 0 Å². The van der Waals surface area contributed by atoms with Crippen LogP contribution in [0.1, 0.15) is 5.69 Å². The molecule has 0 amide bonds. The van der Waals surface area contributed by atoms with E-state index in [1.807, 2.05) is 37.3 Å². The lowest BCUT2D eigenvalue weighted by atomic mass is 10.3. The Morgan fingerprint density at radius 1 is 0.920 bits per heavy atom. The maximum Gasteiger partial charge on any atom is 0.229 e. The molecule has 0 atom stereocenters. The lowest BCUT2D eigenvalue weighted by Crippen LogP contribution is -2.03. The summed E-state index contributed by atoms with van der Waals surface area (Å²) in [6, 6.07) is 14.7. The van der Waals surface area contributed by atoms with Gasteiger partial charge in [0, 0.05) is 16.8 Å². The largest absolute Gasteiger partial charge is 0.495 e. The maximum atomic E-state index is 6.19. The minimum absolute atomic E-state index is 0.432. The topological polar surface area (TPSA) is 59.1 Å². The lowest BCUT2D eigenvalue weighted by molar-refractivity contribution is 0.417. The minimum Gasteiger partial charge on any atom is -0.495 e. The molecule has 0 aliphatic rings. The van der Waals surface area contributed by atoms with Crippen molar-refractivity contribution >= 4 is 46.3 Å². The van der Waals surface area contributed by atoms with E-state index in [4.69, 9.17) is 27.9 Å². The highest BCUT2D eigenvalue weighted by atomic mass is 35.5. The molecule has 1 heterocycles. The smallest absolute Gasteiger partial charge is 0.229 e. The summed E-state index contributed by atoms with van der Waals surface area (Å²) in [6.07, 6.45) is 0. The molecule has 3 rings (SSSR count). The number of anilines is 4. The Labute approximate surface area is 156 Å². The Morgan fingerprint density at radius 2 is 1.72 bits per heavy atom. The molecular weight excluding hydrogens is 359 g/mol. The maximum absolute atomic E-state index is 6.19. The van der Waals surface area contributed by atoms with E-state index in [9.17, 15) is 0 Å². The van der Waals surface area contributed by atoms with Crippen molar-refractivity contribution in [3.05, 3.63) is 64.3 Å². The average Bonchev–Trinajstić information content (AvgIpc) is 2.57. The molecule has 0 unspecified atom stereocenters. The number of benzene rings is 2.